The maximum absolute atomic E-state index is 13.9. The highest BCUT2D eigenvalue weighted by molar-refractivity contribution is 6.30. The number of rotatable bonds is 6. The average Bonchev–Trinajstić information content (AvgIpc) is 3.00. The van der Waals surface area contributed by atoms with E-state index in [1.807, 2.05) is 0 Å². The minimum atomic E-state index is -0.507. The molecule has 7 nitrogen and oxygen atoms in total. The predicted octanol–water partition coefficient (Wildman–Crippen LogP) is 2.04. The molecule has 0 saturated carbocycles. The lowest BCUT2D eigenvalue weighted by atomic mass is 9.95. The molecule has 1 saturated heterocycles. The van der Waals surface area contributed by atoms with Crippen molar-refractivity contribution < 1.29 is 18.7 Å². The van der Waals surface area contributed by atoms with Crippen LogP contribution in [-0.2, 0) is 9.53 Å². The summed E-state index contributed by atoms with van der Waals surface area (Å²) < 4.78 is 19.8. The summed E-state index contributed by atoms with van der Waals surface area (Å²) in [4.78, 5) is 30.0. The van der Waals surface area contributed by atoms with Crippen LogP contribution in [0.5, 0.6) is 0 Å². The molecule has 2 aromatic rings. The standard InChI is InChI=1S/C21H24ClFN4O3/c1-27(21(29)18-4-2-3-7-25-18)13-19(28)26-12-15-11-24-8-9-30-20(15)14-5-6-16(22)17(23)10-14/h2-7,10,15,20,24H,8-9,11-13H2,1H3,(H,26,28)/t15-,20-/m0/s1. The van der Waals surface area contributed by atoms with Crippen molar-refractivity contribution >= 4 is 23.4 Å². The Morgan fingerprint density at radius 2 is 2.20 bits per heavy atom. The molecule has 2 amide bonds. The minimum Gasteiger partial charge on any atom is -0.372 e. The highest BCUT2D eigenvalue weighted by atomic mass is 35.5. The molecule has 1 aliphatic heterocycles. The van der Waals surface area contributed by atoms with Crippen LogP contribution >= 0.6 is 11.6 Å². The Balaban J connectivity index is 1.59. The van der Waals surface area contributed by atoms with Gasteiger partial charge < -0.3 is 20.3 Å². The van der Waals surface area contributed by atoms with Crippen LogP contribution in [0.4, 0.5) is 4.39 Å². The Morgan fingerprint density at radius 1 is 1.37 bits per heavy atom. The summed E-state index contributed by atoms with van der Waals surface area (Å²) >= 11 is 5.79. The normalized spacial score (nSPS) is 19.0. The maximum atomic E-state index is 13.9. The molecule has 0 unspecified atom stereocenters. The van der Waals surface area contributed by atoms with Crippen LogP contribution < -0.4 is 10.6 Å². The third kappa shape index (κ3) is 5.75. The zero-order valence-corrected chi connectivity index (χ0v) is 17.4. The van der Waals surface area contributed by atoms with Gasteiger partial charge in [0.1, 0.15) is 11.5 Å². The first-order chi connectivity index (χ1) is 14.5. The van der Waals surface area contributed by atoms with Crippen molar-refractivity contribution in [2.75, 3.05) is 39.8 Å². The van der Waals surface area contributed by atoms with Crippen molar-refractivity contribution in [2.24, 2.45) is 5.92 Å². The van der Waals surface area contributed by atoms with Crippen molar-refractivity contribution in [1.29, 1.82) is 0 Å². The molecule has 0 aliphatic carbocycles. The van der Waals surface area contributed by atoms with Crippen LogP contribution in [-0.4, -0.2) is 61.5 Å². The molecule has 1 aliphatic rings. The lowest BCUT2D eigenvalue weighted by Crippen LogP contribution is -2.42. The number of nitrogens with zero attached hydrogens (tertiary/aromatic N) is 2. The van der Waals surface area contributed by atoms with Gasteiger partial charge >= 0.3 is 0 Å². The van der Waals surface area contributed by atoms with Gasteiger partial charge in [0.05, 0.1) is 24.3 Å². The molecule has 1 aromatic carbocycles. The Bertz CT molecular complexity index is 884. The van der Waals surface area contributed by atoms with Crippen molar-refractivity contribution in [3.8, 4) is 0 Å². The van der Waals surface area contributed by atoms with Crippen LogP contribution in [0.1, 0.15) is 22.2 Å². The van der Waals surface area contributed by atoms with Gasteiger partial charge in [0.2, 0.25) is 5.91 Å². The zero-order chi connectivity index (χ0) is 21.5. The fourth-order valence-electron chi connectivity index (χ4n) is 3.30. The highest BCUT2D eigenvalue weighted by Crippen LogP contribution is 2.29. The number of nitrogens with one attached hydrogen (secondary N) is 2. The first-order valence-electron chi connectivity index (χ1n) is 9.66. The number of aromatic nitrogens is 1. The number of carbonyl (C=O) groups excluding carboxylic acids is 2. The number of amides is 2. The number of benzene rings is 1. The van der Waals surface area contributed by atoms with Crippen molar-refractivity contribution in [3.05, 3.63) is 64.7 Å². The summed E-state index contributed by atoms with van der Waals surface area (Å²) in [7, 11) is 1.55. The van der Waals surface area contributed by atoms with Crippen LogP contribution in [0.3, 0.4) is 0 Å². The monoisotopic (exact) mass is 434 g/mol. The van der Waals surface area contributed by atoms with Crippen molar-refractivity contribution in [1.82, 2.24) is 20.5 Å². The van der Waals surface area contributed by atoms with Crippen molar-refractivity contribution in [3.63, 3.8) is 0 Å². The Kier molecular flexibility index (Phi) is 7.73. The topological polar surface area (TPSA) is 83.6 Å². The van der Waals surface area contributed by atoms with Crippen LogP contribution in [0.2, 0.25) is 5.02 Å². The molecular formula is C21H24ClFN4O3. The summed E-state index contributed by atoms with van der Waals surface area (Å²) in [6.45, 7) is 1.94. The number of ether oxygens (including phenoxy) is 1. The van der Waals surface area contributed by atoms with Gasteiger partial charge in [-0.15, -0.1) is 0 Å². The van der Waals surface area contributed by atoms with E-state index in [4.69, 9.17) is 16.3 Å². The third-order valence-corrected chi connectivity index (χ3v) is 5.16. The summed E-state index contributed by atoms with van der Waals surface area (Å²) in [6.07, 6.45) is 1.14. The second-order valence-corrected chi connectivity index (χ2v) is 7.52. The molecule has 1 aromatic heterocycles. The van der Waals surface area contributed by atoms with Gasteiger partial charge in [0, 0.05) is 38.8 Å². The van der Waals surface area contributed by atoms with Gasteiger partial charge in [-0.05, 0) is 29.8 Å². The quantitative estimate of drug-likeness (QED) is 0.727. The van der Waals surface area contributed by atoms with E-state index in [0.717, 1.165) is 0 Å². The summed E-state index contributed by atoms with van der Waals surface area (Å²) in [6, 6.07) is 9.63. The number of hydrogen-bond acceptors (Lipinski definition) is 5. The number of carbonyl (C=O) groups is 2. The molecule has 9 heteroatoms. The first-order valence-corrected chi connectivity index (χ1v) is 10.0. The van der Waals surface area contributed by atoms with E-state index in [-0.39, 0.29) is 41.1 Å². The number of hydrogen-bond donors (Lipinski definition) is 2. The second-order valence-electron chi connectivity index (χ2n) is 7.11. The van der Waals surface area contributed by atoms with Gasteiger partial charge in [0.15, 0.2) is 0 Å². The van der Waals surface area contributed by atoms with E-state index in [1.165, 1.54) is 23.2 Å². The van der Waals surface area contributed by atoms with Gasteiger partial charge in [-0.2, -0.15) is 0 Å². The zero-order valence-electron chi connectivity index (χ0n) is 16.6. The molecule has 2 N–H and O–H groups in total. The van der Waals surface area contributed by atoms with E-state index in [0.29, 0.717) is 31.8 Å². The van der Waals surface area contributed by atoms with E-state index in [2.05, 4.69) is 15.6 Å². The molecular weight excluding hydrogens is 411 g/mol. The largest absolute Gasteiger partial charge is 0.372 e. The smallest absolute Gasteiger partial charge is 0.272 e. The van der Waals surface area contributed by atoms with Gasteiger partial charge in [0.25, 0.3) is 5.91 Å². The van der Waals surface area contributed by atoms with Crippen LogP contribution in [0, 0.1) is 11.7 Å². The maximum Gasteiger partial charge on any atom is 0.272 e. The van der Waals surface area contributed by atoms with Gasteiger partial charge in [-0.1, -0.05) is 23.7 Å². The summed E-state index contributed by atoms with van der Waals surface area (Å²) in [5.41, 5.74) is 0.946. The minimum absolute atomic E-state index is 0.0518. The molecule has 2 atom stereocenters. The molecule has 30 heavy (non-hydrogen) atoms. The lowest BCUT2D eigenvalue weighted by molar-refractivity contribution is -0.122. The average molecular weight is 435 g/mol. The molecule has 160 valence electrons. The molecule has 3 rings (SSSR count). The van der Waals surface area contributed by atoms with E-state index in [1.54, 1.807) is 31.3 Å². The number of likely N-dealkylation sites (N-methyl/N-ethyl adjacent to an activating group) is 1. The van der Waals surface area contributed by atoms with E-state index in [9.17, 15) is 14.0 Å². The lowest BCUT2D eigenvalue weighted by Gasteiger charge is -2.26. The van der Waals surface area contributed by atoms with Crippen molar-refractivity contribution in [2.45, 2.75) is 6.10 Å². The molecule has 0 spiro atoms. The fourth-order valence-corrected chi connectivity index (χ4v) is 3.42. The van der Waals surface area contributed by atoms with Gasteiger partial charge in [-0.25, -0.2) is 4.39 Å². The molecule has 0 radical (unpaired) electrons. The third-order valence-electron chi connectivity index (χ3n) is 4.86. The summed E-state index contributed by atoms with van der Waals surface area (Å²) in [5, 5.41) is 6.16. The second kappa shape index (κ2) is 10.5. The van der Waals surface area contributed by atoms with Crippen LogP contribution in [0.25, 0.3) is 0 Å². The SMILES string of the molecule is CN(CC(=O)NC[C@@H]1CNCCO[C@H]1c1ccc(Cl)c(F)c1)C(=O)c1ccccn1. The molecule has 0 bridgehead atoms. The number of halogens is 2. The van der Waals surface area contributed by atoms with Crippen LogP contribution in [0.15, 0.2) is 42.6 Å². The Hall–Kier alpha value is -2.55. The van der Waals surface area contributed by atoms with E-state index < -0.39 is 5.82 Å². The molecule has 2 heterocycles. The first kappa shape index (κ1) is 22.1. The predicted molar refractivity (Wildman–Crippen MR) is 111 cm³/mol. The highest BCUT2D eigenvalue weighted by Gasteiger charge is 2.27. The Morgan fingerprint density at radius 3 is 2.93 bits per heavy atom. The van der Waals surface area contributed by atoms with Gasteiger partial charge in [-0.3, -0.25) is 14.6 Å². The summed E-state index contributed by atoms with van der Waals surface area (Å²) in [5.74, 6) is -1.26. The fraction of sp³-hybridized carbons (Fsp3) is 0.381. The van der Waals surface area contributed by atoms with E-state index >= 15 is 0 Å². The molecule has 1 fully saturated rings. The number of pyridine rings is 1. The Labute approximate surface area is 179 Å².